The van der Waals surface area contributed by atoms with Gasteiger partial charge in [-0.15, -0.1) is 0 Å². The second-order valence-corrected chi connectivity index (χ2v) is 4.58. The Morgan fingerprint density at radius 1 is 1.35 bits per heavy atom. The molecule has 1 rings (SSSR count). The maximum absolute atomic E-state index is 4.31. The van der Waals surface area contributed by atoms with Gasteiger partial charge in [-0.2, -0.15) is 0 Å². The van der Waals surface area contributed by atoms with E-state index >= 15 is 0 Å². The van der Waals surface area contributed by atoms with E-state index in [0.29, 0.717) is 5.92 Å². The molecule has 0 aliphatic heterocycles. The molecule has 0 saturated heterocycles. The predicted octanol–water partition coefficient (Wildman–Crippen LogP) is 2.78. The van der Waals surface area contributed by atoms with Crippen molar-refractivity contribution in [2.24, 2.45) is 5.92 Å². The van der Waals surface area contributed by atoms with Crippen LogP contribution in [0.3, 0.4) is 0 Å². The lowest BCUT2D eigenvalue weighted by molar-refractivity contribution is 0.557. The summed E-state index contributed by atoms with van der Waals surface area (Å²) in [6.45, 7) is 8.59. The summed E-state index contributed by atoms with van der Waals surface area (Å²) in [5, 5.41) is 3.28. The van der Waals surface area contributed by atoms with Crippen LogP contribution in [0.15, 0.2) is 12.4 Å². The quantitative estimate of drug-likeness (QED) is 0.790. The van der Waals surface area contributed by atoms with Crippen LogP contribution in [0.1, 0.15) is 33.6 Å². The molecule has 1 aromatic rings. The third-order valence-electron chi connectivity index (χ3n) is 2.88. The van der Waals surface area contributed by atoms with Gasteiger partial charge >= 0.3 is 0 Å². The van der Waals surface area contributed by atoms with E-state index in [1.165, 1.54) is 6.42 Å². The Labute approximate surface area is 104 Å². The van der Waals surface area contributed by atoms with E-state index < -0.39 is 0 Å². The zero-order valence-corrected chi connectivity index (χ0v) is 11.4. The average Bonchev–Trinajstić information content (AvgIpc) is 2.36. The van der Waals surface area contributed by atoms with Crippen molar-refractivity contribution in [3.63, 3.8) is 0 Å². The Hall–Kier alpha value is -1.32. The Balaban J connectivity index is 2.63. The van der Waals surface area contributed by atoms with Gasteiger partial charge in [0.25, 0.3) is 0 Å². The van der Waals surface area contributed by atoms with Crippen molar-refractivity contribution in [3.05, 3.63) is 12.4 Å². The summed E-state index contributed by atoms with van der Waals surface area (Å²) in [6, 6.07) is 2.01. The van der Waals surface area contributed by atoms with Crippen LogP contribution in [0.25, 0.3) is 0 Å². The van der Waals surface area contributed by atoms with E-state index in [1.54, 1.807) is 6.33 Å². The third kappa shape index (κ3) is 4.59. The summed E-state index contributed by atoms with van der Waals surface area (Å²) in [6.07, 6.45) is 3.92. The second-order valence-electron chi connectivity index (χ2n) is 4.58. The van der Waals surface area contributed by atoms with Crippen LogP contribution in [-0.4, -0.2) is 30.1 Å². The molecule has 0 saturated carbocycles. The molecule has 0 fully saturated rings. The highest BCUT2D eigenvalue weighted by molar-refractivity contribution is 5.47. The van der Waals surface area contributed by atoms with Gasteiger partial charge < -0.3 is 10.2 Å². The zero-order chi connectivity index (χ0) is 12.7. The number of aromatic nitrogens is 2. The van der Waals surface area contributed by atoms with E-state index in [0.717, 1.165) is 31.1 Å². The van der Waals surface area contributed by atoms with Gasteiger partial charge in [0.15, 0.2) is 0 Å². The molecule has 1 aromatic heterocycles. The van der Waals surface area contributed by atoms with Gasteiger partial charge in [-0.05, 0) is 12.3 Å². The van der Waals surface area contributed by atoms with Crippen LogP contribution in [0.5, 0.6) is 0 Å². The lowest BCUT2D eigenvalue weighted by Crippen LogP contribution is -2.24. The van der Waals surface area contributed by atoms with Gasteiger partial charge in [0.2, 0.25) is 0 Å². The van der Waals surface area contributed by atoms with Gasteiger partial charge in [0.05, 0.1) is 0 Å². The van der Waals surface area contributed by atoms with Crippen LogP contribution in [0.2, 0.25) is 0 Å². The summed E-state index contributed by atoms with van der Waals surface area (Å²) in [5.41, 5.74) is 0. The summed E-state index contributed by atoms with van der Waals surface area (Å²) < 4.78 is 0. The molecule has 0 bridgehead atoms. The molecule has 17 heavy (non-hydrogen) atoms. The molecule has 0 amide bonds. The molecule has 1 atom stereocenters. The Morgan fingerprint density at radius 3 is 2.76 bits per heavy atom. The monoisotopic (exact) mass is 236 g/mol. The van der Waals surface area contributed by atoms with Crippen molar-refractivity contribution < 1.29 is 0 Å². The van der Waals surface area contributed by atoms with Gasteiger partial charge in [-0.3, -0.25) is 0 Å². The normalized spacial score (nSPS) is 12.2. The van der Waals surface area contributed by atoms with Crippen molar-refractivity contribution in [1.29, 1.82) is 0 Å². The van der Waals surface area contributed by atoms with Crippen LogP contribution in [0.4, 0.5) is 11.6 Å². The van der Waals surface area contributed by atoms with Crippen molar-refractivity contribution in [2.45, 2.75) is 33.6 Å². The van der Waals surface area contributed by atoms with Crippen molar-refractivity contribution in [1.82, 2.24) is 9.97 Å². The first kappa shape index (κ1) is 13.7. The number of rotatable bonds is 7. The Kier molecular flexibility index (Phi) is 5.73. The smallest absolute Gasteiger partial charge is 0.133 e. The minimum absolute atomic E-state index is 0.682. The molecular formula is C13H24N4. The van der Waals surface area contributed by atoms with E-state index in [1.807, 2.05) is 6.07 Å². The fourth-order valence-corrected chi connectivity index (χ4v) is 1.60. The van der Waals surface area contributed by atoms with Crippen LogP contribution < -0.4 is 10.2 Å². The summed E-state index contributed by atoms with van der Waals surface area (Å²) in [7, 11) is 2.08. The van der Waals surface area contributed by atoms with Crippen molar-refractivity contribution in [2.75, 3.05) is 30.4 Å². The highest BCUT2D eigenvalue weighted by atomic mass is 15.2. The molecular weight excluding hydrogens is 212 g/mol. The Morgan fingerprint density at radius 2 is 2.12 bits per heavy atom. The molecule has 0 spiro atoms. The highest BCUT2D eigenvalue weighted by Gasteiger charge is 2.07. The van der Waals surface area contributed by atoms with Crippen molar-refractivity contribution >= 4 is 11.6 Å². The first-order valence-corrected chi connectivity index (χ1v) is 6.44. The van der Waals surface area contributed by atoms with Crippen LogP contribution >= 0.6 is 0 Å². The number of nitrogens with one attached hydrogen (secondary N) is 1. The fraction of sp³-hybridized carbons (Fsp3) is 0.692. The maximum atomic E-state index is 4.31. The third-order valence-corrected chi connectivity index (χ3v) is 2.88. The molecule has 0 aliphatic carbocycles. The number of hydrogen-bond donors (Lipinski definition) is 1. The zero-order valence-electron chi connectivity index (χ0n) is 11.4. The first-order chi connectivity index (χ1) is 8.17. The lowest BCUT2D eigenvalue weighted by atomic mass is 10.1. The minimum atomic E-state index is 0.682. The highest BCUT2D eigenvalue weighted by Crippen LogP contribution is 2.14. The lowest BCUT2D eigenvalue weighted by Gasteiger charge is -2.21. The molecule has 1 N–H and O–H groups in total. The largest absolute Gasteiger partial charge is 0.370 e. The summed E-state index contributed by atoms with van der Waals surface area (Å²) in [4.78, 5) is 10.7. The van der Waals surface area contributed by atoms with Crippen LogP contribution in [-0.2, 0) is 0 Å². The average molecular weight is 236 g/mol. The molecule has 4 nitrogen and oxygen atoms in total. The standard InChI is InChI=1S/C13H24N4/c1-5-7-14-12-8-13(16-10-15-12)17(4)9-11(3)6-2/h8,10-11H,5-7,9H2,1-4H3,(H,14,15,16). The molecule has 1 heterocycles. The second kappa shape index (κ2) is 7.09. The van der Waals surface area contributed by atoms with E-state index in [9.17, 15) is 0 Å². The fourth-order valence-electron chi connectivity index (χ4n) is 1.60. The molecule has 1 unspecified atom stereocenters. The molecule has 0 radical (unpaired) electrons. The molecule has 96 valence electrons. The minimum Gasteiger partial charge on any atom is -0.370 e. The van der Waals surface area contributed by atoms with Gasteiger partial charge in [-0.25, -0.2) is 9.97 Å². The summed E-state index contributed by atoms with van der Waals surface area (Å²) in [5.74, 6) is 2.58. The van der Waals surface area contributed by atoms with Crippen LogP contribution in [0, 0.1) is 5.92 Å². The van der Waals surface area contributed by atoms with E-state index in [4.69, 9.17) is 0 Å². The van der Waals surface area contributed by atoms with E-state index in [2.05, 4.69) is 48.0 Å². The van der Waals surface area contributed by atoms with E-state index in [-0.39, 0.29) is 0 Å². The topological polar surface area (TPSA) is 41.0 Å². The SMILES string of the molecule is CCCNc1cc(N(C)CC(C)CC)ncn1. The maximum Gasteiger partial charge on any atom is 0.133 e. The van der Waals surface area contributed by atoms with Gasteiger partial charge in [0, 0.05) is 26.2 Å². The van der Waals surface area contributed by atoms with Gasteiger partial charge in [0.1, 0.15) is 18.0 Å². The van der Waals surface area contributed by atoms with Gasteiger partial charge in [-0.1, -0.05) is 27.2 Å². The summed E-state index contributed by atoms with van der Waals surface area (Å²) >= 11 is 0. The molecule has 0 aliphatic rings. The van der Waals surface area contributed by atoms with Crippen molar-refractivity contribution in [3.8, 4) is 0 Å². The Bertz CT molecular complexity index is 327. The number of nitrogens with zero attached hydrogens (tertiary/aromatic N) is 3. The molecule has 0 aromatic carbocycles. The number of anilines is 2. The predicted molar refractivity (Wildman–Crippen MR) is 73.5 cm³/mol. The number of hydrogen-bond acceptors (Lipinski definition) is 4. The first-order valence-electron chi connectivity index (χ1n) is 6.44. The molecule has 4 heteroatoms.